The van der Waals surface area contributed by atoms with Gasteiger partial charge < -0.3 is 19.7 Å². The fourth-order valence-corrected chi connectivity index (χ4v) is 2.53. The number of carboxylic acid groups (broad SMARTS) is 1. The molecule has 6 nitrogen and oxygen atoms in total. The Morgan fingerprint density at radius 3 is 3.00 bits per heavy atom. The molecule has 20 heavy (non-hydrogen) atoms. The minimum atomic E-state index is -0.861. The number of furan rings is 1. The molecule has 110 valence electrons. The number of hydrogen-bond acceptors (Lipinski definition) is 4. The Hall–Kier alpha value is -1.82. The van der Waals surface area contributed by atoms with Gasteiger partial charge in [-0.3, -0.25) is 9.59 Å². The summed E-state index contributed by atoms with van der Waals surface area (Å²) >= 11 is 0. The summed E-state index contributed by atoms with van der Waals surface area (Å²) in [5.74, 6) is -0.234. The van der Waals surface area contributed by atoms with Gasteiger partial charge in [0.1, 0.15) is 0 Å². The molecule has 1 aliphatic heterocycles. The SMILES string of the molecule is Cc1ccoc1C(=O)N1CCCC(CNCC(=O)O)C1. The van der Waals surface area contributed by atoms with Gasteiger partial charge in [-0.15, -0.1) is 0 Å². The normalized spacial score (nSPS) is 19.1. The molecule has 2 heterocycles. The standard InChI is InChI=1S/C14H20N2O4/c1-10-4-6-20-13(10)14(19)16-5-2-3-11(9-16)7-15-8-12(17)18/h4,6,11,15H,2-3,5,7-9H2,1H3,(H,17,18). The monoisotopic (exact) mass is 280 g/mol. The van der Waals surface area contributed by atoms with Gasteiger partial charge in [0.2, 0.25) is 0 Å². The fourth-order valence-electron chi connectivity index (χ4n) is 2.53. The van der Waals surface area contributed by atoms with Crippen LogP contribution in [0.2, 0.25) is 0 Å². The molecule has 1 aliphatic rings. The molecular formula is C14H20N2O4. The number of aryl methyl sites for hydroxylation is 1. The van der Waals surface area contributed by atoms with E-state index in [1.54, 1.807) is 11.0 Å². The van der Waals surface area contributed by atoms with Crippen LogP contribution in [0.4, 0.5) is 0 Å². The molecule has 1 fully saturated rings. The van der Waals surface area contributed by atoms with Crippen LogP contribution >= 0.6 is 0 Å². The van der Waals surface area contributed by atoms with Gasteiger partial charge in [0, 0.05) is 25.2 Å². The highest BCUT2D eigenvalue weighted by molar-refractivity contribution is 5.92. The Morgan fingerprint density at radius 2 is 2.35 bits per heavy atom. The highest BCUT2D eigenvalue weighted by atomic mass is 16.4. The molecular weight excluding hydrogens is 260 g/mol. The average Bonchev–Trinajstić information content (AvgIpc) is 2.84. The highest BCUT2D eigenvalue weighted by Crippen LogP contribution is 2.19. The van der Waals surface area contributed by atoms with Gasteiger partial charge >= 0.3 is 5.97 Å². The highest BCUT2D eigenvalue weighted by Gasteiger charge is 2.26. The summed E-state index contributed by atoms with van der Waals surface area (Å²) in [5.41, 5.74) is 0.848. The van der Waals surface area contributed by atoms with Crippen LogP contribution in [0.5, 0.6) is 0 Å². The van der Waals surface area contributed by atoms with E-state index in [9.17, 15) is 9.59 Å². The maximum Gasteiger partial charge on any atom is 0.317 e. The van der Waals surface area contributed by atoms with E-state index in [0.717, 1.165) is 24.9 Å². The number of hydrogen-bond donors (Lipinski definition) is 2. The van der Waals surface area contributed by atoms with Gasteiger partial charge in [-0.2, -0.15) is 0 Å². The Bertz CT molecular complexity index is 483. The molecule has 0 spiro atoms. The van der Waals surface area contributed by atoms with Gasteiger partial charge in [0.05, 0.1) is 12.8 Å². The fraction of sp³-hybridized carbons (Fsp3) is 0.571. The third kappa shape index (κ3) is 3.60. The summed E-state index contributed by atoms with van der Waals surface area (Å²) in [7, 11) is 0. The number of carbonyl (C=O) groups is 2. The number of likely N-dealkylation sites (tertiary alicyclic amines) is 1. The second-order valence-electron chi connectivity index (χ2n) is 5.22. The molecule has 1 unspecified atom stereocenters. The van der Waals surface area contributed by atoms with Crippen molar-refractivity contribution in [3.05, 3.63) is 23.7 Å². The van der Waals surface area contributed by atoms with E-state index in [0.29, 0.717) is 24.8 Å². The molecule has 0 aliphatic carbocycles. The van der Waals surface area contributed by atoms with Crippen molar-refractivity contribution in [2.45, 2.75) is 19.8 Å². The lowest BCUT2D eigenvalue weighted by molar-refractivity contribution is -0.136. The maximum absolute atomic E-state index is 12.3. The zero-order chi connectivity index (χ0) is 14.5. The van der Waals surface area contributed by atoms with Crippen LogP contribution in [0.15, 0.2) is 16.7 Å². The van der Waals surface area contributed by atoms with Crippen molar-refractivity contribution in [2.75, 3.05) is 26.2 Å². The number of amides is 1. The van der Waals surface area contributed by atoms with Gasteiger partial charge in [-0.25, -0.2) is 0 Å². The lowest BCUT2D eigenvalue weighted by atomic mass is 9.97. The Morgan fingerprint density at radius 1 is 1.55 bits per heavy atom. The first-order valence-electron chi connectivity index (χ1n) is 6.84. The topological polar surface area (TPSA) is 82.8 Å². The largest absolute Gasteiger partial charge is 0.480 e. The third-order valence-corrected chi connectivity index (χ3v) is 3.57. The summed E-state index contributed by atoms with van der Waals surface area (Å²) in [6.07, 6.45) is 3.47. The molecule has 2 rings (SSSR count). The lowest BCUT2D eigenvalue weighted by Gasteiger charge is -2.32. The molecule has 0 aromatic carbocycles. The summed E-state index contributed by atoms with van der Waals surface area (Å²) in [5, 5.41) is 11.5. The third-order valence-electron chi connectivity index (χ3n) is 3.57. The molecule has 0 saturated carbocycles. The molecule has 1 aromatic rings. The quantitative estimate of drug-likeness (QED) is 0.844. The van der Waals surface area contributed by atoms with Crippen LogP contribution < -0.4 is 5.32 Å². The van der Waals surface area contributed by atoms with E-state index in [1.807, 2.05) is 6.92 Å². The van der Waals surface area contributed by atoms with Gasteiger partial charge in [-0.05, 0) is 31.7 Å². The zero-order valence-corrected chi connectivity index (χ0v) is 11.6. The lowest BCUT2D eigenvalue weighted by Crippen LogP contribution is -2.43. The second kappa shape index (κ2) is 6.56. The predicted molar refractivity (Wildman–Crippen MR) is 72.6 cm³/mol. The van der Waals surface area contributed by atoms with E-state index in [-0.39, 0.29) is 12.5 Å². The molecule has 1 amide bonds. The van der Waals surface area contributed by atoms with Gasteiger partial charge in [-0.1, -0.05) is 0 Å². The molecule has 1 aromatic heterocycles. The van der Waals surface area contributed by atoms with Crippen LogP contribution in [-0.4, -0.2) is 48.1 Å². The minimum absolute atomic E-state index is 0.0399. The molecule has 0 radical (unpaired) electrons. The number of nitrogens with zero attached hydrogens (tertiary/aromatic N) is 1. The summed E-state index contributed by atoms with van der Waals surface area (Å²) in [4.78, 5) is 24.6. The minimum Gasteiger partial charge on any atom is -0.480 e. The van der Waals surface area contributed by atoms with Crippen LogP contribution in [0.1, 0.15) is 29.0 Å². The second-order valence-corrected chi connectivity index (χ2v) is 5.22. The number of rotatable bonds is 5. The van der Waals surface area contributed by atoms with E-state index in [4.69, 9.17) is 9.52 Å². The molecule has 1 saturated heterocycles. The van der Waals surface area contributed by atoms with E-state index >= 15 is 0 Å². The number of piperidine rings is 1. The summed E-state index contributed by atoms with van der Waals surface area (Å²) < 4.78 is 5.24. The van der Waals surface area contributed by atoms with Crippen LogP contribution in [0.3, 0.4) is 0 Å². The van der Waals surface area contributed by atoms with Gasteiger partial charge in [0.15, 0.2) is 5.76 Å². The van der Waals surface area contributed by atoms with Gasteiger partial charge in [0.25, 0.3) is 5.91 Å². The Labute approximate surface area is 117 Å². The molecule has 1 atom stereocenters. The maximum atomic E-state index is 12.3. The first-order chi connectivity index (χ1) is 9.58. The predicted octanol–water partition coefficient (Wildman–Crippen LogP) is 1.11. The smallest absolute Gasteiger partial charge is 0.317 e. The Balaban J connectivity index is 1.88. The summed E-state index contributed by atoms with van der Waals surface area (Å²) in [6.45, 7) is 3.81. The van der Waals surface area contributed by atoms with Crippen molar-refractivity contribution in [3.63, 3.8) is 0 Å². The number of carboxylic acids is 1. The van der Waals surface area contributed by atoms with E-state index in [1.165, 1.54) is 6.26 Å². The first kappa shape index (κ1) is 14.6. The van der Waals surface area contributed by atoms with Crippen molar-refractivity contribution >= 4 is 11.9 Å². The first-order valence-corrected chi connectivity index (χ1v) is 6.84. The van der Waals surface area contributed by atoms with E-state index in [2.05, 4.69) is 5.32 Å². The summed E-state index contributed by atoms with van der Waals surface area (Å²) in [6, 6.07) is 1.78. The molecule has 6 heteroatoms. The van der Waals surface area contributed by atoms with Crippen molar-refractivity contribution in [3.8, 4) is 0 Å². The van der Waals surface area contributed by atoms with Crippen LogP contribution in [-0.2, 0) is 4.79 Å². The number of aliphatic carboxylic acids is 1. The van der Waals surface area contributed by atoms with Crippen molar-refractivity contribution in [1.82, 2.24) is 10.2 Å². The zero-order valence-electron chi connectivity index (χ0n) is 11.6. The Kier molecular flexibility index (Phi) is 4.79. The van der Waals surface area contributed by atoms with Crippen molar-refractivity contribution in [2.24, 2.45) is 5.92 Å². The van der Waals surface area contributed by atoms with E-state index < -0.39 is 5.97 Å². The van der Waals surface area contributed by atoms with Crippen molar-refractivity contribution in [1.29, 1.82) is 0 Å². The van der Waals surface area contributed by atoms with Crippen LogP contribution in [0, 0.1) is 12.8 Å². The van der Waals surface area contributed by atoms with Crippen molar-refractivity contribution < 1.29 is 19.1 Å². The average molecular weight is 280 g/mol. The molecule has 2 N–H and O–H groups in total. The van der Waals surface area contributed by atoms with Crippen LogP contribution in [0.25, 0.3) is 0 Å². The number of carbonyl (C=O) groups excluding carboxylic acids is 1. The number of nitrogens with one attached hydrogen (secondary N) is 1. The molecule has 0 bridgehead atoms.